The standard InChI is InChI=1S/C17H18FN3O3/c18-13-2-1-3-15(8-13)24-16-5-4-14(10-19-16)21-17(22)20-9-12-6-7-23-11-12/h1-5,8,10,12H,6-7,9,11H2,(H2,20,21,22)/t12-/m0/s1. The fraction of sp³-hybridized carbons (Fsp3) is 0.294. The second-order valence-electron chi connectivity index (χ2n) is 5.51. The van der Waals surface area contributed by atoms with Crippen molar-refractivity contribution in [3.8, 4) is 11.6 Å². The molecule has 1 atom stereocenters. The van der Waals surface area contributed by atoms with Crippen LogP contribution in [0.3, 0.4) is 0 Å². The lowest BCUT2D eigenvalue weighted by molar-refractivity contribution is 0.185. The largest absolute Gasteiger partial charge is 0.439 e. The van der Waals surface area contributed by atoms with E-state index in [9.17, 15) is 9.18 Å². The van der Waals surface area contributed by atoms with Gasteiger partial charge in [-0.2, -0.15) is 0 Å². The molecule has 0 saturated carbocycles. The first kappa shape index (κ1) is 16.2. The van der Waals surface area contributed by atoms with Crippen LogP contribution in [0.2, 0.25) is 0 Å². The van der Waals surface area contributed by atoms with E-state index < -0.39 is 0 Å². The Labute approximate surface area is 139 Å². The van der Waals surface area contributed by atoms with E-state index in [1.807, 2.05) is 0 Å². The van der Waals surface area contributed by atoms with E-state index in [4.69, 9.17) is 9.47 Å². The average Bonchev–Trinajstić information content (AvgIpc) is 3.08. The van der Waals surface area contributed by atoms with Crippen molar-refractivity contribution in [2.45, 2.75) is 6.42 Å². The van der Waals surface area contributed by atoms with Gasteiger partial charge in [0.15, 0.2) is 0 Å². The van der Waals surface area contributed by atoms with Gasteiger partial charge in [-0.1, -0.05) is 6.07 Å². The number of pyridine rings is 1. The second kappa shape index (κ2) is 7.74. The Morgan fingerprint density at radius 3 is 3.00 bits per heavy atom. The van der Waals surface area contributed by atoms with Crippen LogP contribution in [0, 0.1) is 11.7 Å². The van der Waals surface area contributed by atoms with Crippen LogP contribution in [0.5, 0.6) is 11.6 Å². The highest BCUT2D eigenvalue weighted by Gasteiger charge is 2.16. The highest BCUT2D eigenvalue weighted by molar-refractivity contribution is 5.89. The number of carbonyl (C=O) groups excluding carboxylic acids is 1. The number of carbonyl (C=O) groups is 1. The second-order valence-corrected chi connectivity index (χ2v) is 5.51. The van der Waals surface area contributed by atoms with Gasteiger partial charge >= 0.3 is 6.03 Å². The number of hydrogen-bond acceptors (Lipinski definition) is 4. The van der Waals surface area contributed by atoms with E-state index in [0.29, 0.717) is 36.4 Å². The Hall–Kier alpha value is -2.67. The van der Waals surface area contributed by atoms with Crippen molar-refractivity contribution < 1.29 is 18.7 Å². The SMILES string of the molecule is O=C(NC[C@@H]1CCOC1)Nc1ccc(Oc2cccc(F)c2)nc1. The number of amides is 2. The van der Waals surface area contributed by atoms with Crippen molar-refractivity contribution in [3.05, 3.63) is 48.4 Å². The van der Waals surface area contributed by atoms with Crippen LogP contribution < -0.4 is 15.4 Å². The Morgan fingerprint density at radius 2 is 2.29 bits per heavy atom. The molecule has 1 aromatic heterocycles. The minimum atomic E-state index is -0.380. The van der Waals surface area contributed by atoms with Crippen LogP contribution in [0.15, 0.2) is 42.6 Å². The summed E-state index contributed by atoms with van der Waals surface area (Å²) in [7, 11) is 0. The van der Waals surface area contributed by atoms with Crippen molar-refractivity contribution in [2.24, 2.45) is 5.92 Å². The molecule has 2 N–H and O–H groups in total. The number of nitrogens with zero attached hydrogens (tertiary/aromatic N) is 1. The normalized spacial score (nSPS) is 16.6. The van der Waals surface area contributed by atoms with Crippen molar-refractivity contribution in [1.29, 1.82) is 0 Å². The van der Waals surface area contributed by atoms with E-state index in [1.54, 1.807) is 24.3 Å². The molecule has 0 radical (unpaired) electrons. The molecule has 2 heterocycles. The van der Waals surface area contributed by atoms with E-state index in [0.717, 1.165) is 13.0 Å². The maximum absolute atomic E-state index is 13.1. The smallest absolute Gasteiger partial charge is 0.319 e. The summed E-state index contributed by atoms with van der Waals surface area (Å²) in [6.07, 6.45) is 2.45. The van der Waals surface area contributed by atoms with Gasteiger partial charge in [0.25, 0.3) is 0 Å². The number of rotatable bonds is 5. The number of halogens is 1. The molecule has 6 nitrogen and oxygen atoms in total. The molecule has 0 unspecified atom stereocenters. The summed E-state index contributed by atoms with van der Waals surface area (Å²) >= 11 is 0. The first-order valence-corrected chi connectivity index (χ1v) is 7.71. The maximum Gasteiger partial charge on any atom is 0.319 e. The molecule has 1 fully saturated rings. The van der Waals surface area contributed by atoms with Crippen LogP contribution in [0.4, 0.5) is 14.9 Å². The predicted molar refractivity (Wildman–Crippen MR) is 86.7 cm³/mol. The molecule has 2 amide bonds. The van der Waals surface area contributed by atoms with Crippen molar-refractivity contribution in [3.63, 3.8) is 0 Å². The lowest BCUT2D eigenvalue weighted by Crippen LogP contribution is -2.33. The van der Waals surface area contributed by atoms with E-state index in [1.165, 1.54) is 18.3 Å². The van der Waals surface area contributed by atoms with Crippen molar-refractivity contribution in [2.75, 3.05) is 25.1 Å². The molecule has 0 spiro atoms. The highest BCUT2D eigenvalue weighted by Crippen LogP contribution is 2.21. The molecule has 24 heavy (non-hydrogen) atoms. The molecule has 2 aromatic rings. The third-order valence-corrected chi connectivity index (χ3v) is 3.59. The molecule has 126 valence electrons. The Morgan fingerprint density at radius 1 is 1.38 bits per heavy atom. The quantitative estimate of drug-likeness (QED) is 0.883. The zero-order chi connectivity index (χ0) is 16.8. The van der Waals surface area contributed by atoms with Crippen LogP contribution >= 0.6 is 0 Å². The zero-order valence-electron chi connectivity index (χ0n) is 13.0. The topological polar surface area (TPSA) is 72.5 Å². The summed E-state index contributed by atoms with van der Waals surface area (Å²) in [5.41, 5.74) is 0.543. The summed E-state index contributed by atoms with van der Waals surface area (Å²) in [5.74, 6) is 0.667. The number of aromatic nitrogens is 1. The first-order chi connectivity index (χ1) is 11.7. The van der Waals surface area contributed by atoms with E-state index in [-0.39, 0.29) is 11.8 Å². The summed E-state index contributed by atoms with van der Waals surface area (Å²) in [4.78, 5) is 15.9. The summed E-state index contributed by atoms with van der Waals surface area (Å²) in [6.45, 7) is 2.03. The zero-order valence-corrected chi connectivity index (χ0v) is 13.0. The monoisotopic (exact) mass is 331 g/mol. The lowest BCUT2D eigenvalue weighted by Gasteiger charge is -2.11. The third-order valence-electron chi connectivity index (χ3n) is 3.59. The lowest BCUT2D eigenvalue weighted by atomic mass is 10.1. The molecule has 1 aliphatic rings. The number of anilines is 1. The van der Waals surface area contributed by atoms with Gasteiger partial charge < -0.3 is 20.1 Å². The van der Waals surface area contributed by atoms with Gasteiger partial charge in [-0.15, -0.1) is 0 Å². The van der Waals surface area contributed by atoms with Gasteiger partial charge in [0.05, 0.1) is 18.5 Å². The third kappa shape index (κ3) is 4.66. The average molecular weight is 331 g/mol. The predicted octanol–water partition coefficient (Wildman–Crippen LogP) is 3.17. The summed E-state index contributed by atoms with van der Waals surface area (Å²) < 4.78 is 23.8. The van der Waals surface area contributed by atoms with Crippen LogP contribution in [-0.2, 0) is 4.74 Å². The molecule has 1 saturated heterocycles. The molecule has 0 aliphatic carbocycles. The van der Waals surface area contributed by atoms with Crippen LogP contribution in [-0.4, -0.2) is 30.8 Å². The Balaban J connectivity index is 1.49. The Bertz CT molecular complexity index is 688. The maximum atomic E-state index is 13.1. The van der Waals surface area contributed by atoms with Crippen molar-refractivity contribution >= 4 is 11.7 Å². The molecule has 1 aliphatic heterocycles. The molecular formula is C17H18FN3O3. The summed E-state index contributed by atoms with van der Waals surface area (Å²) in [6, 6.07) is 8.78. The van der Waals surface area contributed by atoms with Gasteiger partial charge in [-0.25, -0.2) is 14.2 Å². The molecular weight excluding hydrogens is 313 g/mol. The minimum Gasteiger partial charge on any atom is -0.439 e. The van der Waals surface area contributed by atoms with Crippen LogP contribution in [0.1, 0.15) is 6.42 Å². The highest BCUT2D eigenvalue weighted by atomic mass is 19.1. The fourth-order valence-corrected chi connectivity index (χ4v) is 2.32. The molecule has 7 heteroatoms. The number of nitrogens with one attached hydrogen (secondary N) is 2. The number of benzene rings is 1. The van der Waals surface area contributed by atoms with Gasteiger partial charge in [0, 0.05) is 31.2 Å². The van der Waals surface area contributed by atoms with Crippen molar-refractivity contribution in [1.82, 2.24) is 10.3 Å². The van der Waals surface area contributed by atoms with Gasteiger partial charge in [0.2, 0.25) is 5.88 Å². The number of ether oxygens (including phenoxy) is 2. The Kier molecular flexibility index (Phi) is 5.22. The fourth-order valence-electron chi connectivity index (χ4n) is 2.32. The molecule has 1 aromatic carbocycles. The number of hydrogen-bond donors (Lipinski definition) is 2. The first-order valence-electron chi connectivity index (χ1n) is 7.71. The minimum absolute atomic E-state index is 0.289. The van der Waals surface area contributed by atoms with Gasteiger partial charge in [0.1, 0.15) is 11.6 Å². The van der Waals surface area contributed by atoms with Gasteiger partial charge in [-0.05, 0) is 24.6 Å². The molecule has 0 bridgehead atoms. The summed E-state index contributed by atoms with van der Waals surface area (Å²) in [5, 5.41) is 5.50. The van der Waals surface area contributed by atoms with Gasteiger partial charge in [-0.3, -0.25) is 0 Å². The number of urea groups is 1. The van der Waals surface area contributed by atoms with E-state index >= 15 is 0 Å². The van der Waals surface area contributed by atoms with Crippen LogP contribution in [0.25, 0.3) is 0 Å². The molecule has 3 rings (SSSR count). The van der Waals surface area contributed by atoms with E-state index in [2.05, 4.69) is 15.6 Å².